The number of rotatable bonds is 6. The molecule has 0 aliphatic rings. The van der Waals surface area contributed by atoms with Gasteiger partial charge in [-0.15, -0.1) is 10.2 Å². The van der Waals surface area contributed by atoms with Gasteiger partial charge in [0.25, 0.3) is 0 Å². The normalized spacial score (nSPS) is 11.0. The molecule has 0 saturated heterocycles. The molecule has 0 amide bonds. The molecular formula is C14H16N6S2. The average Bonchev–Trinajstić information content (AvgIpc) is 3.17. The number of pyridine rings is 1. The van der Waals surface area contributed by atoms with Crippen molar-refractivity contribution in [2.24, 2.45) is 0 Å². The molecule has 0 aliphatic heterocycles. The zero-order valence-corrected chi connectivity index (χ0v) is 14.1. The minimum Gasteiger partial charge on any atom is -0.302 e. The third-order valence-electron chi connectivity index (χ3n) is 3.05. The van der Waals surface area contributed by atoms with Gasteiger partial charge in [0, 0.05) is 30.9 Å². The highest BCUT2D eigenvalue weighted by Gasteiger charge is 2.16. The molecule has 3 rings (SSSR count). The Morgan fingerprint density at radius 1 is 1.18 bits per heavy atom. The molecule has 0 spiro atoms. The van der Waals surface area contributed by atoms with Gasteiger partial charge >= 0.3 is 0 Å². The van der Waals surface area contributed by atoms with Crippen molar-refractivity contribution < 1.29 is 0 Å². The molecule has 0 bridgehead atoms. The smallest absolute Gasteiger partial charge is 0.198 e. The Labute approximate surface area is 137 Å². The molecule has 3 aromatic rings. The third-order valence-corrected chi connectivity index (χ3v) is 4.82. The molecule has 6 nitrogen and oxygen atoms in total. The van der Waals surface area contributed by atoms with Gasteiger partial charge in [-0.05, 0) is 41.8 Å². The lowest BCUT2D eigenvalue weighted by atomic mass is 10.2. The quantitative estimate of drug-likeness (QED) is 0.690. The molecule has 8 heteroatoms. The zero-order valence-electron chi connectivity index (χ0n) is 12.4. The van der Waals surface area contributed by atoms with E-state index in [9.17, 15) is 0 Å². The first-order valence-electron chi connectivity index (χ1n) is 7.15. The van der Waals surface area contributed by atoms with Gasteiger partial charge in [0.2, 0.25) is 0 Å². The predicted molar refractivity (Wildman–Crippen MR) is 87.0 cm³/mol. The van der Waals surface area contributed by atoms with E-state index in [-0.39, 0.29) is 0 Å². The third kappa shape index (κ3) is 3.17. The molecule has 0 unspecified atom stereocenters. The summed E-state index contributed by atoms with van der Waals surface area (Å²) in [5, 5.41) is 9.54. The number of hydrogen-bond donors (Lipinski definition) is 0. The highest BCUT2D eigenvalue weighted by Crippen LogP contribution is 2.30. The summed E-state index contributed by atoms with van der Waals surface area (Å²) in [7, 11) is 0. The van der Waals surface area contributed by atoms with Crippen LogP contribution in [0, 0.1) is 0 Å². The maximum atomic E-state index is 4.49. The molecule has 22 heavy (non-hydrogen) atoms. The largest absolute Gasteiger partial charge is 0.302 e. The Kier molecular flexibility index (Phi) is 4.79. The van der Waals surface area contributed by atoms with Crippen molar-refractivity contribution in [3.63, 3.8) is 0 Å². The number of hydrogen-bond acceptors (Lipinski definition) is 7. The van der Waals surface area contributed by atoms with E-state index in [1.54, 1.807) is 12.4 Å². The molecule has 0 fully saturated rings. The van der Waals surface area contributed by atoms with Gasteiger partial charge in [0.1, 0.15) is 5.82 Å². The van der Waals surface area contributed by atoms with Crippen molar-refractivity contribution in [1.82, 2.24) is 29.1 Å². The maximum Gasteiger partial charge on any atom is 0.198 e. The summed E-state index contributed by atoms with van der Waals surface area (Å²) in [5.74, 6) is 1.75. The minimum absolute atomic E-state index is 0.848. The molecule has 114 valence electrons. The summed E-state index contributed by atoms with van der Waals surface area (Å²) in [6.07, 6.45) is 5.40. The fraction of sp³-hybridized carbons (Fsp3) is 0.357. The van der Waals surface area contributed by atoms with E-state index in [2.05, 4.69) is 43.0 Å². The lowest BCUT2D eigenvalue weighted by Gasteiger charge is -2.07. The van der Waals surface area contributed by atoms with Gasteiger partial charge in [-0.25, -0.2) is 4.98 Å². The van der Waals surface area contributed by atoms with Crippen molar-refractivity contribution >= 4 is 23.3 Å². The molecule has 0 aliphatic carbocycles. The van der Waals surface area contributed by atoms with Crippen LogP contribution in [0.4, 0.5) is 0 Å². The SMILES string of the molecule is CCCn1c(Sc2nc(CC)ns2)nnc1-c1ccncc1. The second-order valence-electron chi connectivity index (χ2n) is 4.63. The molecule has 0 radical (unpaired) electrons. The fourth-order valence-corrected chi connectivity index (χ4v) is 3.67. The van der Waals surface area contributed by atoms with Crippen LogP contribution in [0.25, 0.3) is 11.4 Å². The van der Waals surface area contributed by atoms with Crippen LogP contribution in [-0.2, 0) is 13.0 Å². The highest BCUT2D eigenvalue weighted by molar-refractivity contribution is 8.00. The Bertz CT molecular complexity index is 737. The molecule has 3 heterocycles. The van der Waals surface area contributed by atoms with Crippen molar-refractivity contribution in [1.29, 1.82) is 0 Å². The number of aryl methyl sites for hydroxylation is 1. The molecule has 0 aromatic carbocycles. The van der Waals surface area contributed by atoms with Gasteiger partial charge in [0.05, 0.1) is 0 Å². The molecule has 0 saturated carbocycles. The van der Waals surface area contributed by atoms with Crippen LogP contribution in [0.3, 0.4) is 0 Å². The summed E-state index contributed by atoms with van der Waals surface area (Å²) in [4.78, 5) is 8.54. The van der Waals surface area contributed by atoms with E-state index in [1.807, 2.05) is 12.1 Å². The van der Waals surface area contributed by atoms with Gasteiger partial charge in [-0.2, -0.15) is 4.37 Å². The molecular weight excluding hydrogens is 316 g/mol. The summed E-state index contributed by atoms with van der Waals surface area (Å²) in [6, 6.07) is 3.90. The van der Waals surface area contributed by atoms with Crippen LogP contribution in [0.1, 0.15) is 26.1 Å². The van der Waals surface area contributed by atoms with Crippen LogP contribution < -0.4 is 0 Å². The van der Waals surface area contributed by atoms with Crippen molar-refractivity contribution in [2.75, 3.05) is 0 Å². The lowest BCUT2D eigenvalue weighted by molar-refractivity contribution is 0.626. The van der Waals surface area contributed by atoms with E-state index in [0.717, 1.165) is 46.1 Å². The van der Waals surface area contributed by atoms with Crippen molar-refractivity contribution in [2.45, 2.75) is 42.7 Å². The molecule has 0 atom stereocenters. The Hall–Kier alpha value is -1.80. The van der Waals surface area contributed by atoms with Gasteiger partial charge in [-0.3, -0.25) is 4.98 Å². The van der Waals surface area contributed by atoms with Crippen LogP contribution in [0.15, 0.2) is 34.0 Å². The van der Waals surface area contributed by atoms with Gasteiger partial charge in [0.15, 0.2) is 15.3 Å². The standard InChI is InChI=1S/C14H16N6S2/c1-3-9-20-12(10-5-7-15-8-6-10)17-18-13(20)21-14-16-11(4-2)19-22-14/h5-8H,3-4,9H2,1-2H3. The van der Waals surface area contributed by atoms with Crippen LogP contribution in [0.2, 0.25) is 0 Å². The average molecular weight is 332 g/mol. The molecule has 0 N–H and O–H groups in total. The molecule has 3 aromatic heterocycles. The fourth-order valence-electron chi connectivity index (χ4n) is 2.01. The van der Waals surface area contributed by atoms with Gasteiger partial charge < -0.3 is 4.57 Å². The van der Waals surface area contributed by atoms with Crippen LogP contribution >= 0.6 is 23.3 Å². The van der Waals surface area contributed by atoms with E-state index in [1.165, 1.54) is 23.3 Å². The van der Waals surface area contributed by atoms with E-state index in [0.29, 0.717) is 0 Å². The van der Waals surface area contributed by atoms with Crippen molar-refractivity contribution in [3.8, 4) is 11.4 Å². The Morgan fingerprint density at radius 3 is 2.68 bits per heavy atom. The predicted octanol–water partition coefficient (Wildman–Crippen LogP) is 3.32. The first-order chi connectivity index (χ1) is 10.8. The second-order valence-corrected chi connectivity index (χ2v) is 6.59. The maximum absolute atomic E-state index is 4.49. The number of aromatic nitrogens is 6. The zero-order chi connectivity index (χ0) is 15.4. The van der Waals surface area contributed by atoms with E-state index >= 15 is 0 Å². The summed E-state index contributed by atoms with van der Waals surface area (Å²) < 4.78 is 7.35. The topological polar surface area (TPSA) is 69.4 Å². The van der Waals surface area contributed by atoms with E-state index in [4.69, 9.17) is 0 Å². The Balaban J connectivity index is 1.92. The van der Waals surface area contributed by atoms with Crippen molar-refractivity contribution in [3.05, 3.63) is 30.4 Å². The van der Waals surface area contributed by atoms with Gasteiger partial charge in [-0.1, -0.05) is 13.8 Å². The second kappa shape index (κ2) is 6.97. The minimum atomic E-state index is 0.848. The highest BCUT2D eigenvalue weighted by atomic mass is 32.2. The monoisotopic (exact) mass is 332 g/mol. The summed E-state index contributed by atoms with van der Waals surface area (Å²) >= 11 is 2.94. The Morgan fingerprint density at radius 2 is 2.00 bits per heavy atom. The number of nitrogens with zero attached hydrogens (tertiary/aromatic N) is 6. The first-order valence-corrected chi connectivity index (χ1v) is 8.74. The lowest BCUT2D eigenvalue weighted by Crippen LogP contribution is -2.01. The van der Waals surface area contributed by atoms with Crippen LogP contribution in [-0.4, -0.2) is 29.1 Å². The summed E-state index contributed by atoms with van der Waals surface area (Å²) in [5.41, 5.74) is 1.02. The first kappa shape index (κ1) is 15.1. The van der Waals surface area contributed by atoms with Crippen LogP contribution in [0.5, 0.6) is 0 Å². The summed E-state index contributed by atoms with van der Waals surface area (Å²) in [6.45, 7) is 5.06. The van der Waals surface area contributed by atoms with E-state index < -0.39 is 0 Å².